The zero-order valence-electron chi connectivity index (χ0n) is 17.2. The molecule has 0 unspecified atom stereocenters. The molecule has 3 aromatic heterocycles. The quantitative estimate of drug-likeness (QED) is 0.379. The van der Waals surface area contributed by atoms with E-state index in [0.717, 1.165) is 22.6 Å². The lowest BCUT2D eigenvalue weighted by Crippen LogP contribution is -2.06. The Kier molecular flexibility index (Phi) is 4.95. The van der Waals surface area contributed by atoms with E-state index < -0.39 is 5.97 Å². The van der Waals surface area contributed by atoms with Gasteiger partial charge in [-0.25, -0.2) is 4.68 Å². The second-order valence-electron chi connectivity index (χ2n) is 6.98. The molecule has 9 nitrogen and oxygen atoms in total. The number of hydrogen-bond acceptors (Lipinski definition) is 7. The Morgan fingerprint density at radius 2 is 1.78 bits per heavy atom. The maximum Gasteiger partial charge on any atom is 0.311 e. The van der Waals surface area contributed by atoms with Crippen molar-refractivity contribution in [2.45, 2.75) is 6.42 Å². The van der Waals surface area contributed by atoms with Gasteiger partial charge in [0.05, 0.1) is 32.5 Å². The number of carbonyl (C=O) groups is 1. The normalized spacial score (nSPS) is 11.2. The molecule has 0 N–H and O–H groups in total. The molecule has 0 saturated carbocycles. The predicted molar refractivity (Wildman–Crippen MR) is 118 cm³/mol. The van der Waals surface area contributed by atoms with E-state index in [1.165, 1.54) is 7.11 Å². The Morgan fingerprint density at radius 3 is 2.47 bits per heavy atom. The van der Waals surface area contributed by atoms with Crippen molar-refractivity contribution in [2.24, 2.45) is 0 Å². The van der Waals surface area contributed by atoms with Crippen LogP contribution in [-0.2, 0) is 16.0 Å². The van der Waals surface area contributed by atoms with E-state index in [-0.39, 0.29) is 6.42 Å². The Hall–Kier alpha value is -3.98. The van der Waals surface area contributed by atoms with Crippen molar-refractivity contribution in [3.63, 3.8) is 0 Å². The van der Waals surface area contributed by atoms with Crippen LogP contribution in [0, 0.1) is 0 Å². The lowest BCUT2D eigenvalue weighted by molar-refractivity contribution is -0.139. The van der Waals surface area contributed by atoms with Crippen molar-refractivity contribution >= 4 is 34.4 Å². The summed E-state index contributed by atoms with van der Waals surface area (Å²) in [5, 5.41) is 18.6. The maximum atomic E-state index is 12.0. The van der Waals surface area contributed by atoms with Crippen LogP contribution in [-0.4, -0.2) is 49.8 Å². The molecule has 5 aromatic rings. The minimum absolute atomic E-state index is 0.0413. The lowest BCUT2D eigenvalue weighted by atomic mass is 10.1. The van der Waals surface area contributed by atoms with Crippen molar-refractivity contribution in [3.05, 3.63) is 65.4 Å². The molecule has 0 saturated heterocycles. The van der Waals surface area contributed by atoms with Crippen LogP contribution in [0.1, 0.15) is 5.69 Å². The van der Waals surface area contributed by atoms with E-state index >= 15 is 0 Å². The Labute approximate surface area is 187 Å². The van der Waals surface area contributed by atoms with Crippen LogP contribution in [0.5, 0.6) is 5.75 Å². The highest BCUT2D eigenvalue weighted by molar-refractivity contribution is 6.30. The van der Waals surface area contributed by atoms with Crippen LogP contribution in [0.4, 0.5) is 0 Å². The number of ether oxygens (including phenoxy) is 2. The fourth-order valence-electron chi connectivity index (χ4n) is 3.49. The van der Waals surface area contributed by atoms with E-state index in [1.807, 2.05) is 36.4 Å². The van der Waals surface area contributed by atoms with Crippen molar-refractivity contribution in [2.75, 3.05) is 14.2 Å². The summed E-state index contributed by atoms with van der Waals surface area (Å²) in [6.07, 6.45) is 1.69. The van der Waals surface area contributed by atoms with Gasteiger partial charge in [0.15, 0.2) is 16.8 Å². The summed E-state index contributed by atoms with van der Waals surface area (Å²) in [5.74, 6) is 0.334. The minimum atomic E-state index is -0.422. The maximum absolute atomic E-state index is 12.0. The molecule has 0 radical (unpaired) electrons. The van der Waals surface area contributed by atoms with Crippen molar-refractivity contribution < 1.29 is 14.3 Å². The van der Waals surface area contributed by atoms with E-state index in [2.05, 4.69) is 20.4 Å². The molecular formula is C22H17ClN6O3. The second-order valence-corrected chi connectivity index (χ2v) is 7.42. The van der Waals surface area contributed by atoms with Crippen LogP contribution in [0.3, 0.4) is 0 Å². The molecule has 0 aliphatic rings. The number of esters is 1. The van der Waals surface area contributed by atoms with Gasteiger partial charge >= 0.3 is 5.97 Å². The SMILES string of the molecule is COC(=O)Cc1nn(-c2ccc(Cl)cc2)c2c1nnc1c(-c3ccc(OC)cc3)cnn12. The van der Waals surface area contributed by atoms with Gasteiger partial charge in [-0.05, 0) is 42.0 Å². The van der Waals surface area contributed by atoms with Crippen molar-refractivity contribution in [3.8, 4) is 22.6 Å². The monoisotopic (exact) mass is 448 g/mol. The first-order valence-corrected chi connectivity index (χ1v) is 10.1. The van der Waals surface area contributed by atoms with Crippen LogP contribution in [0.2, 0.25) is 5.02 Å². The molecule has 2 aromatic carbocycles. The topological polar surface area (TPSA) is 96.4 Å². The van der Waals surface area contributed by atoms with Gasteiger partial charge in [0, 0.05) is 10.6 Å². The smallest absolute Gasteiger partial charge is 0.311 e. The number of hydrogen-bond donors (Lipinski definition) is 0. The summed E-state index contributed by atoms with van der Waals surface area (Å²) >= 11 is 6.06. The van der Waals surface area contributed by atoms with Gasteiger partial charge < -0.3 is 9.47 Å². The molecule has 0 aliphatic carbocycles. The van der Waals surface area contributed by atoms with Gasteiger partial charge in [0.1, 0.15) is 11.4 Å². The average molecular weight is 449 g/mol. The first-order chi connectivity index (χ1) is 15.6. The lowest BCUT2D eigenvalue weighted by Gasteiger charge is -2.05. The molecule has 0 atom stereocenters. The zero-order chi connectivity index (χ0) is 22.2. The Balaban J connectivity index is 1.75. The van der Waals surface area contributed by atoms with Crippen molar-refractivity contribution in [1.29, 1.82) is 0 Å². The standard InChI is InChI=1S/C22H17ClN6O3/c1-31-16-9-3-13(4-10-16)17-12-24-29-21(17)26-25-20-18(11-19(30)32-2)27-28(22(20)29)15-7-5-14(23)6-8-15/h3-10,12H,11H2,1-2H3. The third-order valence-corrected chi connectivity index (χ3v) is 5.36. The number of halogens is 1. The average Bonchev–Trinajstić information content (AvgIpc) is 3.41. The number of methoxy groups -OCH3 is 2. The summed E-state index contributed by atoms with van der Waals surface area (Å²) < 4.78 is 13.4. The molecule has 0 bridgehead atoms. The molecule has 32 heavy (non-hydrogen) atoms. The predicted octanol–water partition coefficient (Wildman–Crippen LogP) is 3.51. The van der Waals surface area contributed by atoms with E-state index in [1.54, 1.807) is 34.6 Å². The number of carbonyl (C=O) groups excluding carboxylic acids is 1. The van der Waals surface area contributed by atoms with Crippen LogP contribution in [0.15, 0.2) is 54.7 Å². The summed E-state index contributed by atoms with van der Waals surface area (Å²) in [7, 11) is 2.95. The van der Waals surface area contributed by atoms with Crippen LogP contribution in [0.25, 0.3) is 33.6 Å². The largest absolute Gasteiger partial charge is 0.497 e. The summed E-state index contributed by atoms with van der Waals surface area (Å²) in [6.45, 7) is 0. The van der Waals surface area contributed by atoms with E-state index in [4.69, 9.17) is 21.1 Å². The fourth-order valence-corrected chi connectivity index (χ4v) is 3.62. The molecule has 0 aliphatic heterocycles. The minimum Gasteiger partial charge on any atom is -0.497 e. The highest BCUT2D eigenvalue weighted by Gasteiger charge is 2.22. The van der Waals surface area contributed by atoms with Gasteiger partial charge in [-0.15, -0.1) is 10.2 Å². The fraction of sp³-hybridized carbons (Fsp3) is 0.136. The number of nitrogens with zero attached hydrogens (tertiary/aromatic N) is 6. The molecule has 0 spiro atoms. The third-order valence-electron chi connectivity index (χ3n) is 5.11. The Bertz CT molecular complexity index is 1440. The first-order valence-electron chi connectivity index (χ1n) is 9.68. The number of aromatic nitrogens is 6. The van der Waals surface area contributed by atoms with Crippen LogP contribution < -0.4 is 4.74 Å². The molecule has 3 heterocycles. The van der Waals surface area contributed by atoms with Gasteiger partial charge in [-0.1, -0.05) is 23.7 Å². The summed E-state index contributed by atoms with van der Waals surface area (Å²) in [6, 6.07) is 14.8. The van der Waals surface area contributed by atoms with Gasteiger partial charge in [0.25, 0.3) is 0 Å². The van der Waals surface area contributed by atoms with Crippen LogP contribution >= 0.6 is 11.6 Å². The second kappa shape index (κ2) is 7.93. The van der Waals surface area contributed by atoms with Crippen molar-refractivity contribution in [1.82, 2.24) is 29.6 Å². The zero-order valence-corrected chi connectivity index (χ0v) is 17.9. The van der Waals surface area contributed by atoms with Gasteiger partial charge in [0.2, 0.25) is 0 Å². The molecule has 0 fully saturated rings. The molecule has 5 rings (SSSR count). The highest BCUT2D eigenvalue weighted by atomic mass is 35.5. The van der Waals surface area contributed by atoms with Gasteiger partial charge in [-0.3, -0.25) is 4.79 Å². The number of benzene rings is 2. The van der Waals surface area contributed by atoms with E-state index in [0.29, 0.717) is 27.5 Å². The molecule has 0 amide bonds. The molecule has 10 heteroatoms. The van der Waals surface area contributed by atoms with Gasteiger partial charge in [-0.2, -0.15) is 14.7 Å². The number of fused-ring (bicyclic) bond motifs is 3. The third kappa shape index (κ3) is 3.32. The summed E-state index contributed by atoms with van der Waals surface area (Å²) in [4.78, 5) is 12.0. The highest BCUT2D eigenvalue weighted by Crippen LogP contribution is 2.28. The Morgan fingerprint density at radius 1 is 1.03 bits per heavy atom. The molecule has 160 valence electrons. The first kappa shape index (κ1) is 20.0. The number of rotatable bonds is 5. The van der Waals surface area contributed by atoms with E-state index in [9.17, 15) is 4.79 Å². The summed E-state index contributed by atoms with van der Waals surface area (Å²) in [5.41, 5.74) is 4.51. The molecular weight excluding hydrogens is 432 g/mol.